The summed E-state index contributed by atoms with van der Waals surface area (Å²) in [7, 11) is 0. The Labute approximate surface area is 125 Å². The molecule has 2 atom stereocenters. The first kappa shape index (κ1) is 13.7. The number of rotatable bonds is 3. The zero-order chi connectivity index (χ0) is 13.9. The molecule has 106 valence electrons. The highest BCUT2D eigenvalue weighted by atomic mass is 32.1. The third-order valence-corrected chi connectivity index (χ3v) is 4.76. The van der Waals surface area contributed by atoms with E-state index >= 15 is 0 Å². The second-order valence-corrected chi connectivity index (χ2v) is 6.72. The number of nitrogens with zero attached hydrogens (tertiary/aromatic N) is 1. The first-order valence-electron chi connectivity index (χ1n) is 7.29. The van der Waals surface area contributed by atoms with Gasteiger partial charge in [0.15, 0.2) is 0 Å². The van der Waals surface area contributed by atoms with Gasteiger partial charge in [-0.2, -0.15) is 11.3 Å². The first-order chi connectivity index (χ1) is 9.70. The fraction of sp³-hybridized carbons (Fsp3) is 0.412. The molecule has 1 aromatic carbocycles. The lowest BCUT2D eigenvalue weighted by Crippen LogP contribution is -2.47. The normalized spacial score (nSPS) is 23.0. The standard InChI is InChI=1S/C17H22N2S/c1-13-2-4-14(5-3-13)8-15-9-16(18)11-19(10-15)17-6-7-20-12-17/h2-7,12,15-16H,8-11,18H2,1H3. The Bertz CT molecular complexity index is 533. The minimum Gasteiger partial charge on any atom is -0.369 e. The number of benzene rings is 1. The van der Waals surface area contributed by atoms with Crippen LogP contribution in [0.25, 0.3) is 0 Å². The van der Waals surface area contributed by atoms with Crippen molar-refractivity contribution in [2.24, 2.45) is 11.7 Å². The van der Waals surface area contributed by atoms with E-state index in [9.17, 15) is 0 Å². The van der Waals surface area contributed by atoms with Crippen LogP contribution in [0.15, 0.2) is 41.1 Å². The van der Waals surface area contributed by atoms with Crippen molar-refractivity contribution in [2.45, 2.75) is 25.8 Å². The van der Waals surface area contributed by atoms with Crippen LogP contribution < -0.4 is 10.6 Å². The lowest BCUT2D eigenvalue weighted by atomic mass is 9.88. The van der Waals surface area contributed by atoms with Crippen molar-refractivity contribution in [3.05, 3.63) is 52.2 Å². The Morgan fingerprint density at radius 3 is 2.70 bits per heavy atom. The molecule has 0 spiro atoms. The molecule has 3 heteroatoms. The molecule has 20 heavy (non-hydrogen) atoms. The van der Waals surface area contributed by atoms with Crippen LogP contribution in [0.4, 0.5) is 5.69 Å². The summed E-state index contributed by atoms with van der Waals surface area (Å²) in [6.07, 6.45) is 2.27. The topological polar surface area (TPSA) is 29.3 Å². The van der Waals surface area contributed by atoms with Crippen molar-refractivity contribution in [3.63, 3.8) is 0 Å². The largest absolute Gasteiger partial charge is 0.369 e. The van der Waals surface area contributed by atoms with E-state index < -0.39 is 0 Å². The summed E-state index contributed by atoms with van der Waals surface area (Å²) in [6.45, 7) is 4.25. The summed E-state index contributed by atoms with van der Waals surface area (Å²) in [6, 6.07) is 11.4. The van der Waals surface area contributed by atoms with Crippen LogP contribution in [0, 0.1) is 12.8 Å². The Kier molecular flexibility index (Phi) is 4.08. The number of hydrogen-bond donors (Lipinski definition) is 1. The quantitative estimate of drug-likeness (QED) is 0.936. The van der Waals surface area contributed by atoms with Gasteiger partial charge in [-0.15, -0.1) is 0 Å². The molecule has 2 nitrogen and oxygen atoms in total. The van der Waals surface area contributed by atoms with Crippen molar-refractivity contribution in [1.29, 1.82) is 0 Å². The van der Waals surface area contributed by atoms with Gasteiger partial charge in [0.25, 0.3) is 0 Å². The number of thiophene rings is 1. The fourth-order valence-corrected chi connectivity index (χ4v) is 3.76. The van der Waals surface area contributed by atoms with Gasteiger partial charge in [-0.25, -0.2) is 0 Å². The molecule has 2 aromatic rings. The Morgan fingerprint density at radius 2 is 2.00 bits per heavy atom. The molecule has 0 aliphatic carbocycles. The molecule has 0 saturated carbocycles. The van der Waals surface area contributed by atoms with Crippen LogP contribution in [0.2, 0.25) is 0 Å². The number of aryl methyl sites for hydroxylation is 1. The Morgan fingerprint density at radius 1 is 1.20 bits per heavy atom. The van der Waals surface area contributed by atoms with Gasteiger partial charge in [-0.3, -0.25) is 0 Å². The van der Waals surface area contributed by atoms with Crippen molar-refractivity contribution in [1.82, 2.24) is 0 Å². The minimum absolute atomic E-state index is 0.291. The smallest absolute Gasteiger partial charge is 0.0475 e. The van der Waals surface area contributed by atoms with E-state index in [-0.39, 0.29) is 0 Å². The van der Waals surface area contributed by atoms with Gasteiger partial charge in [0.05, 0.1) is 0 Å². The molecule has 1 aliphatic heterocycles. The third-order valence-electron chi connectivity index (χ3n) is 4.09. The van der Waals surface area contributed by atoms with Crippen LogP contribution in [0.5, 0.6) is 0 Å². The molecule has 0 bridgehead atoms. The molecule has 1 aliphatic rings. The summed E-state index contributed by atoms with van der Waals surface area (Å²) in [5.74, 6) is 0.654. The average molecular weight is 286 g/mol. The van der Waals surface area contributed by atoms with Gasteiger partial charge in [-0.05, 0) is 42.7 Å². The molecule has 2 heterocycles. The molecule has 2 N–H and O–H groups in total. The zero-order valence-corrected chi connectivity index (χ0v) is 12.8. The van der Waals surface area contributed by atoms with Gasteiger partial charge in [0, 0.05) is 30.2 Å². The third kappa shape index (κ3) is 3.22. The van der Waals surface area contributed by atoms with Gasteiger partial charge < -0.3 is 10.6 Å². The molecular weight excluding hydrogens is 264 g/mol. The molecule has 1 saturated heterocycles. The van der Waals surface area contributed by atoms with Crippen LogP contribution >= 0.6 is 11.3 Å². The molecule has 0 amide bonds. The maximum atomic E-state index is 6.26. The summed E-state index contributed by atoms with van der Waals surface area (Å²) in [4.78, 5) is 2.45. The van der Waals surface area contributed by atoms with Crippen LogP contribution in [0.1, 0.15) is 17.5 Å². The lowest BCUT2D eigenvalue weighted by molar-refractivity contribution is 0.375. The Balaban J connectivity index is 1.68. The highest BCUT2D eigenvalue weighted by molar-refractivity contribution is 7.08. The maximum Gasteiger partial charge on any atom is 0.0475 e. The second-order valence-electron chi connectivity index (χ2n) is 5.94. The minimum atomic E-state index is 0.291. The highest BCUT2D eigenvalue weighted by Crippen LogP contribution is 2.26. The van der Waals surface area contributed by atoms with Crippen LogP contribution in [-0.2, 0) is 6.42 Å². The van der Waals surface area contributed by atoms with E-state index in [0.29, 0.717) is 12.0 Å². The van der Waals surface area contributed by atoms with Crippen molar-refractivity contribution in [3.8, 4) is 0 Å². The van der Waals surface area contributed by atoms with E-state index in [0.717, 1.165) is 25.9 Å². The molecule has 2 unspecified atom stereocenters. The number of piperidine rings is 1. The van der Waals surface area contributed by atoms with Gasteiger partial charge in [0.2, 0.25) is 0 Å². The van der Waals surface area contributed by atoms with E-state index in [4.69, 9.17) is 5.73 Å². The first-order valence-corrected chi connectivity index (χ1v) is 8.23. The van der Waals surface area contributed by atoms with Crippen molar-refractivity contribution >= 4 is 17.0 Å². The molecule has 1 fully saturated rings. The lowest BCUT2D eigenvalue weighted by Gasteiger charge is -2.37. The number of hydrogen-bond acceptors (Lipinski definition) is 3. The summed E-state index contributed by atoms with van der Waals surface area (Å²) in [5, 5.41) is 4.37. The average Bonchev–Trinajstić information content (AvgIpc) is 2.95. The summed E-state index contributed by atoms with van der Waals surface area (Å²) < 4.78 is 0. The van der Waals surface area contributed by atoms with Crippen molar-refractivity contribution < 1.29 is 0 Å². The molecular formula is C17H22N2S. The SMILES string of the molecule is Cc1ccc(CC2CC(N)CN(c3ccsc3)C2)cc1. The van der Waals surface area contributed by atoms with E-state index in [1.54, 1.807) is 11.3 Å². The maximum absolute atomic E-state index is 6.26. The van der Waals surface area contributed by atoms with Crippen LogP contribution in [-0.4, -0.2) is 19.1 Å². The predicted octanol–water partition coefficient (Wildman–Crippen LogP) is 3.45. The zero-order valence-electron chi connectivity index (χ0n) is 12.0. The van der Waals surface area contributed by atoms with E-state index in [1.807, 2.05) is 0 Å². The molecule has 1 aromatic heterocycles. The molecule has 0 radical (unpaired) electrons. The molecule has 3 rings (SSSR count). The van der Waals surface area contributed by atoms with Crippen LogP contribution in [0.3, 0.4) is 0 Å². The Hall–Kier alpha value is -1.32. The summed E-state index contributed by atoms with van der Waals surface area (Å²) in [5.41, 5.74) is 10.4. The van der Waals surface area contributed by atoms with E-state index in [1.165, 1.54) is 16.8 Å². The van der Waals surface area contributed by atoms with Gasteiger partial charge >= 0.3 is 0 Å². The predicted molar refractivity (Wildman–Crippen MR) is 87.5 cm³/mol. The number of anilines is 1. The van der Waals surface area contributed by atoms with Crippen molar-refractivity contribution in [2.75, 3.05) is 18.0 Å². The van der Waals surface area contributed by atoms with E-state index in [2.05, 4.69) is 52.9 Å². The van der Waals surface area contributed by atoms with Gasteiger partial charge in [0.1, 0.15) is 0 Å². The monoisotopic (exact) mass is 286 g/mol. The second kappa shape index (κ2) is 5.98. The fourth-order valence-electron chi connectivity index (χ4n) is 3.10. The van der Waals surface area contributed by atoms with Gasteiger partial charge in [-0.1, -0.05) is 29.8 Å². The summed E-state index contributed by atoms with van der Waals surface area (Å²) >= 11 is 1.76. The highest BCUT2D eigenvalue weighted by Gasteiger charge is 2.25. The number of nitrogens with two attached hydrogens (primary N) is 1.